The van der Waals surface area contributed by atoms with Crippen molar-refractivity contribution in [2.75, 3.05) is 46.0 Å². The van der Waals surface area contributed by atoms with Crippen LogP contribution in [0, 0.1) is 16.7 Å². The average molecular weight is 726 g/mol. The third-order valence-electron chi connectivity index (χ3n) is 10.7. The molecule has 1 aromatic heterocycles. The van der Waals surface area contributed by atoms with Gasteiger partial charge in [0.15, 0.2) is 0 Å². The van der Waals surface area contributed by atoms with Crippen molar-refractivity contribution in [3.05, 3.63) is 34.5 Å². The van der Waals surface area contributed by atoms with E-state index in [2.05, 4.69) is 17.1 Å². The van der Waals surface area contributed by atoms with Crippen LogP contribution in [0.1, 0.15) is 72.9 Å². The third-order valence-corrected chi connectivity index (χ3v) is 11.0. The van der Waals surface area contributed by atoms with Gasteiger partial charge in [0.2, 0.25) is 11.8 Å². The van der Waals surface area contributed by atoms with Gasteiger partial charge in [-0.05, 0) is 68.1 Å². The topological polar surface area (TPSA) is 146 Å². The molecule has 0 bridgehead atoms. The van der Waals surface area contributed by atoms with Crippen molar-refractivity contribution >= 4 is 46.5 Å². The minimum Gasteiger partial charge on any atom is -0.491 e. The molecule has 2 aliphatic heterocycles. The Morgan fingerprint density at radius 1 is 1.14 bits per heavy atom. The number of benzene rings is 1. The maximum atomic E-state index is 14.2. The van der Waals surface area contributed by atoms with Crippen LogP contribution in [0.15, 0.2) is 23.8 Å². The van der Waals surface area contributed by atoms with Gasteiger partial charge in [0.05, 0.1) is 31.0 Å². The Morgan fingerprint density at radius 3 is 2.53 bits per heavy atom. The Bertz CT molecular complexity index is 1680. The number of nitrogens with one attached hydrogen (secondary N) is 1. The summed E-state index contributed by atoms with van der Waals surface area (Å²) in [5.41, 5.74) is 7.65. The summed E-state index contributed by atoms with van der Waals surface area (Å²) in [5, 5.41) is 3.87. The van der Waals surface area contributed by atoms with E-state index in [1.165, 1.54) is 11.3 Å². The van der Waals surface area contributed by atoms with Crippen LogP contribution in [0.25, 0.3) is 17.0 Å². The third kappa shape index (κ3) is 8.55. The van der Waals surface area contributed by atoms with Crippen molar-refractivity contribution in [2.45, 2.75) is 91.5 Å². The number of ether oxygens (including phenoxy) is 4. The van der Waals surface area contributed by atoms with Gasteiger partial charge < -0.3 is 34.9 Å². The van der Waals surface area contributed by atoms with E-state index in [1.54, 1.807) is 0 Å². The Kier molecular flexibility index (Phi) is 10.8. The van der Waals surface area contributed by atoms with Crippen molar-refractivity contribution in [3.8, 4) is 11.5 Å². The number of carbonyl (C=O) groups excluding carboxylic acids is 3. The second kappa shape index (κ2) is 14.8. The molecular weight excluding hydrogens is 674 g/mol. The fourth-order valence-corrected chi connectivity index (χ4v) is 8.00. The van der Waals surface area contributed by atoms with Gasteiger partial charge in [0.1, 0.15) is 47.4 Å². The molecule has 0 radical (unpaired) electrons. The number of hydrogen-bond donors (Lipinski definition) is 2. The fraction of sp³-hybridized carbons (Fsp3) is 0.632. The fourth-order valence-electron chi connectivity index (χ4n) is 7.74. The number of hydrogen-bond acceptors (Lipinski definition) is 9. The van der Waals surface area contributed by atoms with Crippen molar-refractivity contribution in [1.29, 1.82) is 0 Å². The molecule has 2 aliphatic carbocycles. The Hall–Kier alpha value is -3.61. The van der Waals surface area contributed by atoms with Gasteiger partial charge in [-0.3, -0.25) is 14.5 Å². The summed E-state index contributed by atoms with van der Waals surface area (Å²) in [4.78, 5) is 48.6. The van der Waals surface area contributed by atoms with Crippen molar-refractivity contribution < 1.29 is 33.3 Å². The number of likely N-dealkylation sites (tertiary alicyclic amines) is 1. The molecule has 51 heavy (non-hydrogen) atoms. The normalized spacial score (nSPS) is 26.7. The van der Waals surface area contributed by atoms with Crippen LogP contribution in [0.4, 0.5) is 4.79 Å². The predicted molar refractivity (Wildman–Crippen MR) is 195 cm³/mol. The van der Waals surface area contributed by atoms with Crippen LogP contribution < -0.4 is 20.5 Å². The smallest absolute Gasteiger partial charge is 0.408 e. The van der Waals surface area contributed by atoms with Crippen LogP contribution in [-0.4, -0.2) is 103 Å². The first-order valence-corrected chi connectivity index (χ1v) is 18.4. The van der Waals surface area contributed by atoms with Crippen LogP contribution >= 0.6 is 11.6 Å². The molecule has 2 aromatic rings. The number of fused-ring (bicyclic) bond motifs is 2. The first-order valence-electron chi connectivity index (χ1n) is 18.1. The molecule has 278 valence electrons. The molecule has 2 saturated carbocycles. The minimum atomic E-state index is -0.955. The number of primary amides is 1. The molecule has 1 aromatic carbocycles. The zero-order valence-electron chi connectivity index (χ0n) is 30.6. The number of allylic oxidation sites excluding steroid dienone is 1. The number of nitrogens with zero attached hydrogens (tertiary/aromatic N) is 3. The van der Waals surface area contributed by atoms with Gasteiger partial charge >= 0.3 is 6.09 Å². The van der Waals surface area contributed by atoms with E-state index >= 15 is 0 Å². The molecule has 3 N–H and O–H groups in total. The number of halogens is 1. The highest BCUT2D eigenvalue weighted by atomic mass is 35.5. The molecular formula is C38H52ClN5O7. The Morgan fingerprint density at radius 2 is 1.88 bits per heavy atom. The van der Waals surface area contributed by atoms with Crippen LogP contribution in [0.2, 0.25) is 5.02 Å². The molecule has 13 heteroatoms. The lowest BCUT2D eigenvalue weighted by Crippen LogP contribution is -2.57. The van der Waals surface area contributed by atoms with Gasteiger partial charge in [-0.15, -0.1) is 0 Å². The molecule has 4 aliphatic rings. The number of aromatic nitrogens is 1. The van der Waals surface area contributed by atoms with Gasteiger partial charge in [0, 0.05) is 37.5 Å². The zero-order valence-corrected chi connectivity index (χ0v) is 31.4. The highest BCUT2D eigenvalue weighted by Gasteiger charge is 2.57. The monoisotopic (exact) mass is 725 g/mol. The SMILES string of the molecule is CC(C)=Cc1cc(OC2C[C@@H](C(N)=O)N(C(=O)[C@@H](NC(=O)O[C@H]3C[C@H]4C[C@@]4(C)C3)C(C)(C)C)C2)c2ccc(OCCN3CCOCC3)c(Cl)c2n1. The Balaban J connectivity index is 1.19. The maximum absolute atomic E-state index is 14.2. The van der Waals surface area contributed by atoms with Crippen molar-refractivity contribution in [3.63, 3.8) is 0 Å². The van der Waals surface area contributed by atoms with Gasteiger partial charge in [-0.2, -0.15) is 0 Å². The van der Waals surface area contributed by atoms with Crippen LogP contribution in [0.3, 0.4) is 0 Å². The van der Waals surface area contributed by atoms with Gasteiger partial charge in [0.25, 0.3) is 0 Å². The quantitative estimate of drug-likeness (QED) is 0.320. The number of nitrogens with two attached hydrogens (primary N) is 1. The summed E-state index contributed by atoms with van der Waals surface area (Å²) in [7, 11) is 0. The van der Waals surface area contributed by atoms with Crippen LogP contribution in [0.5, 0.6) is 11.5 Å². The maximum Gasteiger partial charge on any atom is 0.408 e. The van der Waals surface area contributed by atoms with Crippen molar-refractivity contribution in [1.82, 2.24) is 20.1 Å². The number of carbonyl (C=O) groups is 3. The number of pyridine rings is 1. The highest BCUT2D eigenvalue weighted by molar-refractivity contribution is 6.36. The first-order chi connectivity index (χ1) is 24.1. The molecule has 1 unspecified atom stereocenters. The molecule has 6 rings (SSSR count). The molecule has 2 saturated heterocycles. The average Bonchev–Trinajstić information content (AvgIpc) is 3.34. The van der Waals surface area contributed by atoms with E-state index in [9.17, 15) is 14.4 Å². The van der Waals surface area contributed by atoms with Gasteiger partial charge in [-0.1, -0.05) is 44.9 Å². The molecule has 3 amide bonds. The summed E-state index contributed by atoms with van der Waals surface area (Å²) >= 11 is 6.92. The number of morpholine rings is 1. The van der Waals surface area contributed by atoms with E-state index in [4.69, 9.17) is 41.3 Å². The largest absolute Gasteiger partial charge is 0.491 e. The second-order valence-electron chi connectivity index (χ2n) is 16.2. The summed E-state index contributed by atoms with van der Waals surface area (Å²) < 4.78 is 23.9. The standard InChI is InChI=1S/C38H52ClN5O7/c1-22(2)15-24-17-30(27-7-8-29(31(39)32(27)41-24)49-14-11-43-9-12-48-13-10-43)50-26-18-28(34(40)45)44(21-26)35(46)33(37(3,4)5)42-36(47)51-25-16-23-19-38(23,6)20-25/h7-8,15,17,23,25-26,28,33H,9-14,16,18-21H2,1-6H3,(H2,40,45)(H,42,47)/t23-,25-,26?,28-,33+,38-/m0/s1. The summed E-state index contributed by atoms with van der Waals surface area (Å²) in [6.45, 7) is 16.2. The molecule has 4 fully saturated rings. The second-order valence-corrected chi connectivity index (χ2v) is 16.6. The lowest BCUT2D eigenvalue weighted by molar-refractivity contribution is -0.141. The molecule has 0 spiro atoms. The van der Waals surface area contributed by atoms with E-state index in [1.807, 2.05) is 58.9 Å². The number of alkyl carbamates (subject to hydrolysis) is 1. The minimum absolute atomic E-state index is 0.0939. The predicted octanol–water partition coefficient (Wildman–Crippen LogP) is 5.19. The number of rotatable bonds is 11. The molecule has 12 nitrogen and oxygen atoms in total. The molecule has 6 atom stereocenters. The lowest BCUT2D eigenvalue weighted by atomic mass is 9.85. The van der Waals surface area contributed by atoms with E-state index in [-0.39, 0.29) is 24.5 Å². The van der Waals surface area contributed by atoms with Crippen LogP contribution in [-0.2, 0) is 19.1 Å². The van der Waals surface area contributed by atoms with Gasteiger partial charge in [-0.25, -0.2) is 9.78 Å². The van der Waals surface area contributed by atoms with Crippen molar-refractivity contribution in [2.24, 2.45) is 22.5 Å². The first kappa shape index (κ1) is 37.2. The summed E-state index contributed by atoms with van der Waals surface area (Å²) in [5.74, 6) is 0.571. The van der Waals surface area contributed by atoms with E-state index < -0.39 is 41.5 Å². The lowest BCUT2D eigenvalue weighted by Gasteiger charge is -2.35. The van der Waals surface area contributed by atoms with E-state index in [0.717, 1.165) is 38.0 Å². The summed E-state index contributed by atoms with van der Waals surface area (Å²) in [6.07, 6.45) is 3.61. The zero-order chi connectivity index (χ0) is 36.7. The van der Waals surface area contributed by atoms with E-state index in [0.29, 0.717) is 58.9 Å². The summed E-state index contributed by atoms with van der Waals surface area (Å²) in [6, 6.07) is 3.62. The number of amides is 3. The highest BCUT2D eigenvalue weighted by Crippen LogP contribution is 2.63. The molecule has 3 heterocycles. The Labute approximate surface area is 305 Å².